The van der Waals surface area contributed by atoms with Gasteiger partial charge in [-0.15, -0.1) is 0 Å². The van der Waals surface area contributed by atoms with Gasteiger partial charge in [-0.1, -0.05) is 167 Å². The molecule has 0 N–H and O–H groups in total. The third-order valence-electron chi connectivity index (χ3n) is 4.48. The zero-order chi connectivity index (χ0) is 23.4. The number of carbonyl (C=O) groups is 1. The smallest absolute Gasteiger partial charge is 0.0414 e. The minimum absolute atomic E-state index is 0. The van der Waals surface area contributed by atoms with Crippen molar-refractivity contribution in [3.8, 4) is 0 Å². The fraction of sp³-hybridized carbons (Fsp3) is 0.367. The predicted octanol–water partition coefficient (Wildman–Crippen LogP) is 7.34. The molecule has 2 nitrogen and oxygen atoms in total. The normalized spacial score (nSPS) is 8.76. The maximum Gasteiger partial charge on any atom is 0.0414 e. The van der Waals surface area contributed by atoms with Crippen LogP contribution in [0.3, 0.4) is 0 Å². The minimum atomic E-state index is -0.909. The van der Waals surface area contributed by atoms with Crippen molar-refractivity contribution >= 4 is 29.9 Å². The Kier molecular flexibility index (Phi) is 30.0. The summed E-state index contributed by atoms with van der Waals surface area (Å²) >= 11 is 0. The molecule has 0 atom stereocenters. The van der Waals surface area contributed by atoms with Crippen molar-refractivity contribution in [1.29, 1.82) is 0 Å². The van der Waals surface area contributed by atoms with Crippen LogP contribution >= 0.6 is 0 Å². The second kappa shape index (κ2) is 29.9. The maximum atomic E-state index is 10.1. The Bertz CT molecular complexity index is 535. The van der Waals surface area contributed by atoms with Crippen LogP contribution < -0.4 is 5.11 Å². The molecular weight excluding hydrogens is 511 g/mol. The van der Waals surface area contributed by atoms with Crippen LogP contribution in [-0.4, -0.2) is 29.9 Å². The first-order chi connectivity index (χ1) is 15.8. The van der Waals surface area contributed by atoms with Crippen molar-refractivity contribution < 1.29 is 9.90 Å². The molecule has 178 valence electrons. The number of hydrogen-bond acceptors (Lipinski definition) is 2. The molecule has 33 heavy (non-hydrogen) atoms. The zero-order valence-electron chi connectivity index (χ0n) is 20.3. The van der Waals surface area contributed by atoms with Crippen LogP contribution in [0.2, 0.25) is 0 Å². The summed E-state index contributed by atoms with van der Waals surface area (Å²) in [5.41, 5.74) is 0. The van der Waals surface area contributed by atoms with E-state index in [0.29, 0.717) is 0 Å². The quantitative estimate of drug-likeness (QED) is 0.195. The topological polar surface area (TPSA) is 40.1 Å². The Morgan fingerprint density at radius 2 is 0.667 bits per heavy atom. The maximum absolute atomic E-state index is 10.1. The first kappa shape index (κ1) is 33.1. The molecule has 0 saturated carbocycles. The van der Waals surface area contributed by atoms with E-state index in [2.05, 4.69) is 6.92 Å². The molecule has 0 bridgehead atoms. The third-order valence-corrected chi connectivity index (χ3v) is 4.48. The molecule has 0 unspecified atom stereocenters. The zero-order valence-corrected chi connectivity index (χ0v) is 23.1. The fourth-order valence-electron chi connectivity index (χ4n) is 2.73. The van der Waals surface area contributed by atoms with Gasteiger partial charge in [-0.05, 0) is 12.8 Å². The fourth-order valence-corrected chi connectivity index (χ4v) is 2.73. The van der Waals surface area contributed by atoms with Gasteiger partial charge in [-0.25, -0.2) is 0 Å². The SMILES string of the molecule is CCCCCCCCCCCC(=O)[O-].[Sn].c1ccccc1.c1ccccc1.c1ccccc1. The van der Waals surface area contributed by atoms with Crippen LogP contribution in [0, 0.1) is 0 Å². The minimum Gasteiger partial charge on any atom is -0.550 e. The van der Waals surface area contributed by atoms with Crippen LogP contribution in [0.4, 0.5) is 0 Å². The molecule has 3 aromatic carbocycles. The number of carbonyl (C=O) groups excluding carboxylic acids is 1. The van der Waals surface area contributed by atoms with Crippen LogP contribution in [-0.2, 0) is 4.79 Å². The Morgan fingerprint density at radius 1 is 0.455 bits per heavy atom. The van der Waals surface area contributed by atoms with Crippen LogP contribution in [0.5, 0.6) is 0 Å². The molecule has 0 saturated heterocycles. The molecule has 4 radical (unpaired) electrons. The summed E-state index contributed by atoms with van der Waals surface area (Å²) in [4.78, 5) is 10.1. The molecule has 3 aromatic rings. The summed E-state index contributed by atoms with van der Waals surface area (Å²) in [7, 11) is 0. The summed E-state index contributed by atoms with van der Waals surface area (Å²) in [6, 6.07) is 36.0. The Balaban J connectivity index is 0. The van der Waals surface area contributed by atoms with E-state index >= 15 is 0 Å². The van der Waals surface area contributed by atoms with Gasteiger partial charge in [0.05, 0.1) is 0 Å². The summed E-state index contributed by atoms with van der Waals surface area (Å²) in [5.74, 6) is -0.909. The molecule has 3 rings (SSSR count). The van der Waals surface area contributed by atoms with Gasteiger partial charge >= 0.3 is 0 Å². The summed E-state index contributed by atoms with van der Waals surface area (Å²) in [5, 5.41) is 10.1. The summed E-state index contributed by atoms with van der Waals surface area (Å²) in [6.45, 7) is 2.22. The molecule has 0 aliphatic rings. The number of aliphatic carboxylic acids is 1. The number of hydrogen-bond donors (Lipinski definition) is 0. The Morgan fingerprint density at radius 3 is 0.879 bits per heavy atom. The summed E-state index contributed by atoms with van der Waals surface area (Å²) < 4.78 is 0. The average molecular weight is 552 g/mol. The second-order valence-corrected chi connectivity index (χ2v) is 7.41. The molecule has 0 aromatic heterocycles. The first-order valence-corrected chi connectivity index (χ1v) is 12.0. The van der Waals surface area contributed by atoms with E-state index in [0.717, 1.165) is 12.8 Å². The van der Waals surface area contributed by atoms with Crippen LogP contribution in [0.15, 0.2) is 109 Å². The molecule has 0 aliphatic heterocycles. The molecule has 0 amide bonds. The Labute approximate surface area is 219 Å². The molecule has 3 heteroatoms. The molecule has 0 aliphatic carbocycles. The van der Waals surface area contributed by atoms with E-state index in [1.54, 1.807) is 0 Å². The van der Waals surface area contributed by atoms with E-state index in [1.807, 2.05) is 109 Å². The number of unbranched alkanes of at least 4 members (excludes halogenated alkanes) is 8. The standard InChI is InChI=1S/C12H24O2.3C6H6.Sn/c1-2-3-4-5-6-7-8-9-10-11-12(13)14;3*1-2-4-6-5-3-1;/h2-11H2,1H3,(H,13,14);3*1-6H;/p-1. The first-order valence-electron chi connectivity index (χ1n) is 12.0. The van der Waals surface area contributed by atoms with E-state index in [1.165, 1.54) is 44.9 Å². The number of carboxylic acid groups (broad SMARTS) is 1. The van der Waals surface area contributed by atoms with Crippen molar-refractivity contribution in [1.82, 2.24) is 0 Å². The van der Waals surface area contributed by atoms with Crippen LogP contribution in [0.1, 0.15) is 71.1 Å². The van der Waals surface area contributed by atoms with Gasteiger partial charge in [0, 0.05) is 29.9 Å². The van der Waals surface area contributed by atoms with Crippen molar-refractivity contribution in [3.05, 3.63) is 109 Å². The van der Waals surface area contributed by atoms with Gasteiger partial charge in [-0.3, -0.25) is 0 Å². The number of carboxylic acids is 1. The number of rotatable bonds is 10. The molecule has 0 heterocycles. The monoisotopic (exact) mass is 553 g/mol. The van der Waals surface area contributed by atoms with Crippen molar-refractivity contribution in [2.24, 2.45) is 0 Å². The van der Waals surface area contributed by atoms with E-state index < -0.39 is 5.97 Å². The van der Waals surface area contributed by atoms with Gasteiger partial charge < -0.3 is 9.90 Å². The van der Waals surface area contributed by atoms with Crippen LogP contribution in [0.25, 0.3) is 0 Å². The van der Waals surface area contributed by atoms with Gasteiger partial charge in [0.25, 0.3) is 0 Å². The predicted molar refractivity (Wildman–Crippen MR) is 142 cm³/mol. The van der Waals surface area contributed by atoms with Crippen molar-refractivity contribution in [3.63, 3.8) is 0 Å². The molecule has 0 spiro atoms. The third kappa shape index (κ3) is 32.2. The average Bonchev–Trinajstić information content (AvgIpc) is 2.87. The molecule has 0 fully saturated rings. The molecular formula is C30H41O2Sn-. The van der Waals surface area contributed by atoms with E-state index in [9.17, 15) is 9.90 Å². The Hall–Kier alpha value is -2.07. The van der Waals surface area contributed by atoms with Gasteiger partial charge in [0.15, 0.2) is 0 Å². The largest absolute Gasteiger partial charge is 0.550 e. The van der Waals surface area contributed by atoms with Crippen molar-refractivity contribution in [2.45, 2.75) is 71.1 Å². The van der Waals surface area contributed by atoms with Crippen molar-refractivity contribution in [2.75, 3.05) is 0 Å². The number of benzene rings is 3. The van der Waals surface area contributed by atoms with E-state index in [-0.39, 0.29) is 30.3 Å². The van der Waals surface area contributed by atoms with E-state index in [4.69, 9.17) is 0 Å². The van der Waals surface area contributed by atoms with Gasteiger partial charge in [0.2, 0.25) is 0 Å². The second-order valence-electron chi connectivity index (χ2n) is 7.41. The van der Waals surface area contributed by atoms with Gasteiger partial charge in [-0.2, -0.15) is 0 Å². The van der Waals surface area contributed by atoms with Gasteiger partial charge in [0.1, 0.15) is 0 Å². The summed E-state index contributed by atoms with van der Waals surface area (Å²) in [6.07, 6.45) is 11.2.